The molecule has 2 amide bonds. The minimum Gasteiger partial charge on any atom is -0.459 e. The number of ether oxygens (including phenoxy) is 1. The van der Waals surface area contributed by atoms with Crippen LogP contribution in [0.25, 0.3) is 0 Å². The van der Waals surface area contributed by atoms with E-state index in [1.165, 1.54) is 6.26 Å². The minimum atomic E-state index is -0.400. The number of rotatable bonds is 6. The Balaban J connectivity index is 1.41. The molecule has 0 unspecified atom stereocenters. The molecular weight excluding hydrogens is 360 g/mol. The highest BCUT2D eigenvalue weighted by Crippen LogP contribution is 2.20. The summed E-state index contributed by atoms with van der Waals surface area (Å²) in [4.78, 5) is 38.2. The van der Waals surface area contributed by atoms with E-state index in [-0.39, 0.29) is 24.3 Å². The molecule has 2 aromatic rings. The summed E-state index contributed by atoms with van der Waals surface area (Å²) in [6.45, 7) is 2.63. The Hall–Kier alpha value is -3.09. The van der Waals surface area contributed by atoms with Crippen molar-refractivity contribution in [3.8, 4) is 0 Å². The molecule has 0 aliphatic carbocycles. The fourth-order valence-corrected chi connectivity index (χ4v) is 3.19. The molecule has 0 bridgehead atoms. The van der Waals surface area contributed by atoms with Crippen molar-refractivity contribution in [1.29, 1.82) is 0 Å². The summed E-state index contributed by atoms with van der Waals surface area (Å²) in [5, 5.41) is 2.73. The standard InChI is InChI=1S/C21H24N2O5/c1-2-15-5-3-6-17(13-15)22-19(24)14-28-21(26)16-8-10-23(11-9-16)20(25)18-7-4-12-27-18/h3-7,12-13,16H,2,8-11,14H2,1H3,(H,22,24). The van der Waals surface area contributed by atoms with Gasteiger partial charge in [-0.15, -0.1) is 0 Å². The van der Waals surface area contributed by atoms with Gasteiger partial charge in [-0.05, 0) is 49.1 Å². The second-order valence-corrected chi connectivity index (χ2v) is 6.75. The van der Waals surface area contributed by atoms with Gasteiger partial charge in [0, 0.05) is 18.8 Å². The topological polar surface area (TPSA) is 88.9 Å². The maximum atomic E-state index is 12.2. The van der Waals surface area contributed by atoms with Crippen molar-refractivity contribution in [3.63, 3.8) is 0 Å². The van der Waals surface area contributed by atoms with Gasteiger partial charge in [0.15, 0.2) is 12.4 Å². The van der Waals surface area contributed by atoms with Crippen LogP contribution in [-0.4, -0.2) is 42.4 Å². The third-order valence-electron chi connectivity index (χ3n) is 4.81. The lowest BCUT2D eigenvalue weighted by Crippen LogP contribution is -2.40. The lowest BCUT2D eigenvalue weighted by atomic mass is 9.97. The maximum absolute atomic E-state index is 12.2. The van der Waals surface area contributed by atoms with Gasteiger partial charge in [-0.1, -0.05) is 19.1 Å². The quantitative estimate of drug-likeness (QED) is 0.774. The first-order valence-corrected chi connectivity index (χ1v) is 9.45. The van der Waals surface area contributed by atoms with E-state index < -0.39 is 5.97 Å². The molecule has 1 aliphatic rings. The number of benzene rings is 1. The van der Waals surface area contributed by atoms with E-state index in [0.29, 0.717) is 37.4 Å². The number of amides is 2. The van der Waals surface area contributed by atoms with E-state index >= 15 is 0 Å². The zero-order valence-corrected chi connectivity index (χ0v) is 15.8. The molecular formula is C21H24N2O5. The molecule has 1 aliphatic heterocycles. The molecule has 1 aromatic carbocycles. The SMILES string of the molecule is CCc1cccc(NC(=O)COC(=O)C2CCN(C(=O)c3ccco3)CC2)c1. The Morgan fingerprint density at radius 2 is 1.96 bits per heavy atom. The molecule has 1 aromatic heterocycles. The van der Waals surface area contributed by atoms with Gasteiger partial charge in [0.25, 0.3) is 11.8 Å². The van der Waals surface area contributed by atoms with Gasteiger partial charge in [-0.25, -0.2) is 0 Å². The second-order valence-electron chi connectivity index (χ2n) is 6.75. The number of furan rings is 1. The fourth-order valence-electron chi connectivity index (χ4n) is 3.19. The lowest BCUT2D eigenvalue weighted by Gasteiger charge is -2.30. The van der Waals surface area contributed by atoms with Crippen molar-refractivity contribution >= 4 is 23.5 Å². The van der Waals surface area contributed by atoms with Crippen LogP contribution in [0.3, 0.4) is 0 Å². The van der Waals surface area contributed by atoms with Crippen LogP contribution >= 0.6 is 0 Å². The number of piperidine rings is 1. The molecule has 148 valence electrons. The molecule has 1 saturated heterocycles. The number of hydrogen-bond acceptors (Lipinski definition) is 5. The average molecular weight is 384 g/mol. The van der Waals surface area contributed by atoms with Gasteiger partial charge in [0.2, 0.25) is 0 Å². The summed E-state index contributed by atoms with van der Waals surface area (Å²) in [5.41, 5.74) is 1.80. The van der Waals surface area contributed by atoms with Gasteiger partial charge in [-0.2, -0.15) is 0 Å². The predicted octanol–water partition coefficient (Wildman–Crippen LogP) is 2.88. The summed E-state index contributed by atoms with van der Waals surface area (Å²) in [6.07, 6.45) is 3.34. The van der Waals surface area contributed by atoms with Crippen LogP contribution in [-0.2, 0) is 20.7 Å². The number of likely N-dealkylation sites (tertiary alicyclic amines) is 1. The number of nitrogens with zero attached hydrogens (tertiary/aromatic N) is 1. The van der Waals surface area contributed by atoms with Crippen molar-refractivity contribution in [2.45, 2.75) is 26.2 Å². The Kier molecular flexibility index (Phi) is 6.47. The first-order valence-electron chi connectivity index (χ1n) is 9.45. The normalized spacial score (nSPS) is 14.5. The molecule has 1 fully saturated rings. The summed E-state index contributed by atoms with van der Waals surface area (Å²) in [6, 6.07) is 10.8. The van der Waals surface area contributed by atoms with Crippen LogP contribution < -0.4 is 5.32 Å². The highest BCUT2D eigenvalue weighted by Gasteiger charge is 2.29. The van der Waals surface area contributed by atoms with Gasteiger partial charge in [0.1, 0.15) is 0 Å². The molecule has 7 heteroatoms. The first kappa shape index (κ1) is 19.7. The number of nitrogens with one attached hydrogen (secondary N) is 1. The zero-order chi connectivity index (χ0) is 19.9. The Morgan fingerprint density at radius 1 is 1.18 bits per heavy atom. The maximum Gasteiger partial charge on any atom is 0.309 e. The molecule has 7 nitrogen and oxygen atoms in total. The van der Waals surface area contributed by atoms with Crippen LogP contribution in [0.15, 0.2) is 47.1 Å². The second kappa shape index (κ2) is 9.21. The van der Waals surface area contributed by atoms with Gasteiger partial charge < -0.3 is 19.4 Å². The van der Waals surface area contributed by atoms with Gasteiger partial charge in [-0.3, -0.25) is 14.4 Å². The van der Waals surface area contributed by atoms with Crippen molar-refractivity contribution in [3.05, 3.63) is 54.0 Å². The van der Waals surface area contributed by atoms with Crippen LogP contribution in [0.1, 0.15) is 35.9 Å². The number of anilines is 1. The Labute approximate surface area is 163 Å². The van der Waals surface area contributed by atoms with E-state index in [9.17, 15) is 14.4 Å². The number of carbonyl (C=O) groups is 3. The molecule has 2 heterocycles. The monoisotopic (exact) mass is 384 g/mol. The van der Waals surface area contributed by atoms with Crippen LogP contribution in [0.2, 0.25) is 0 Å². The molecule has 0 atom stereocenters. The van der Waals surface area contributed by atoms with Crippen LogP contribution in [0.5, 0.6) is 0 Å². The number of hydrogen-bond donors (Lipinski definition) is 1. The zero-order valence-electron chi connectivity index (χ0n) is 15.8. The number of carbonyl (C=O) groups excluding carboxylic acids is 3. The van der Waals surface area contributed by atoms with Crippen molar-refractivity contribution in [2.75, 3.05) is 25.0 Å². The molecule has 1 N–H and O–H groups in total. The Morgan fingerprint density at radius 3 is 2.64 bits per heavy atom. The summed E-state index contributed by atoms with van der Waals surface area (Å²) in [5.74, 6) is -0.957. The Bertz CT molecular complexity index is 823. The van der Waals surface area contributed by atoms with E-state index in [0.717, 1.165) is 12.0 Å². The smallest absolute Gasteiger partial charge is 0.309 e. The largest absolute Gasteiger partial charge is 0.459 e. The average Bonchev–Trinajstić information content (AvgIpc) is 3.26. The highest BCUT2D eigenvalue weighted by molar-refractivity contribution is 5.93. The first-order chi connectivity index (χ1) is 13.6. The summed E-state index contributed by atoms with van der Waals surface area (Å²) >= 11 is 0. The molecule has 0 saturated carbocycles. The van der Waals surface area contributed by atoms with Crippen molar-refractivity contribution in [1.82, 2.24) is 4.90 Å². The molecule has 0 radical (unpaired) electrons. The van der Waals surface area contributed by atoms with Crippen LogP contribution in [0, 0.1) is 5.92 Å². The predicted molar refractivity (Wildman–Crippen MR) is 103 cm³/mol. The molecule has 3 rings (SSSR count). The highest BCUT2D eigenvalue weighted by atomic mass is 16.5. The van der Waals surface area contributed by atoms with Crippen molar-refractivity contribution < 1.29 is 23.5 Å². The number of aryl methyl sites for hydroxylation is 1. The number of esters is 1. The molecule has 0 spiro atoms. The van der Waals surface area contributed by atoms with E-state index in [4.69, 9.17) is 9.15 Å². The van der Waals surface area contributed by atoms with E-state index in [2.05, 4.69) is 5.32 Å². The summed E-state index contributed by atoms with van der Waals surface area (Å²) in [7, 11) is 0. The summed E-state index contributed by atoms with van der Waals surface area (Å²) < 4.78 is 10.3. The van der Waals surface area contributed by atoms with Gasteiger partial charge >= 0.3 is 5.97 Å². The van der Waals surface area contributed by atoms with E-state index in [1.807, 2.05) is 25.1 Å². The van der Waals surface area contributed by atoms with Crippen molar-refractivity contribution in [2.24, 2.45) is 5.92 Å². The van der Waals surface area contributed by atoms with Gasteiger partial charge in [0.05, 0.1) is 12.2 Å². The third kappa shape index (κ3) is 5.00. The minimum absolute atomic E-state index is 0.175. The third-order valence-corrected chi connectivity index (χ3v) is 4.81. The van der Waals surface area contributed by atoms with E-state index in [1.54, 1.807) is 23.1 Å². The van der Waals surface area contributed by atoms with Crippen LogP contribution in [0.4, 0.5) is 5.69 Å². The molecule has 28 heavy (non-hydrogen) atoms. The lowest BCUT2D eigenvalue weighted by molar-refractivity contribution is -0.152. The fraction of sp³-hybridized carbons (Fsp3) is 0.381.